The molecule has 0 aliphatic heterocycles. The highest BCUT2D eigenvalue weighted by atomic mass is 32.1. The highest BCUT2D eigenvalue weighted by molar-refractivity contribution is 7.80. The predicted molar refractivity (Wildman–Crippen MR) is 60.4 cm³/mol. The Bertz CT molecular complexity index is 354. The molecule has 0 aromatic carbocycles. The molecule has 5 nitrogen and oxygen atoms in total. The summed E-state index contributed by atoms with van der Waals surface area (Å²) in [4.78, 5) is 14.9. The molecule has 0 saturated carbocycles. The minimum atomic E-state index is -1.06. The monoisotopic (exact) mass is 243 g/mol. The Balaban J connectivity index is 2.82. The second-order valence-electron chi connectivity index (χ2n) is 3.16. The van der Waals surface area contributed by atoms with Gasteiger partial charge in [0.25, 0.3) is 0 Å². The summed E-state index contributed by atoms with van der Waals surface area (Å²) < 4.78 is 4.48. The van der Waals surface area contributed by atoms with Crippen LogP contribution in [-0.2, 0) is 4.74 Å². The molecule has 6 heteroatoms. The number of carbonyl (C=O) groups excluding carboxylic acids is 1. The van der Waals surface area contributed by atoms with Crippen LogP contribution in [0.15, 0.2) is 18.3 Å². The van der Waals surface area contributed by atoms with Gasteiger partial charge in [0.1, 0.15) is 11.8 Å². The van der Waals surface area contributed by atoms with Crippen molar-refractivity contribution in [2.75, 3.05) is 12.9 Å². The first kappa shape index (κ1) is 13.0. The number of hydrogen-bond acceptors (Lipinski definition) is 6. The number of nitrogens with zero attached hydrogens (tertiary/aromatic N) is 1. The maximum absolute atomic E-state index is 11.1. The van der Waals surface area contributed by atoms with Crippen molar-refractivity contribution >= 4 is 18.6 Å². The van der Waals surface area contributed by atoms with Gasteiger partial charge in [0.05, 0.1) is 13.2 Å². The Kier molecular flexibility index (Phi) is 4.72. The van der Waals surface area contributed by atoms with E-state index in [1.807, 2.05) is 0 Å². The van der Waals surface area contributed by atoms with Gasteiger partial charge in [0.2, 0.25) is 0 Å². The summed E-state index contributed by atoms with van der Waals surface area (Å²) in [6.07, 6.45) is -0.699. The molecule has 2 atom stereocenters. The first-order chi connectivity index (χ1) is 7.60. The smallest absolute Gasteiger partial charge is 0.356 e. The molecule has 0 bridgehead atoms. The quantitative estimate of drug-likeness (QED) is 0.520. The van der Waals surface area contributed by atoms with Gasteiger partial charge in [-0.2, -0.15) is 12.6 Å². The fraction of sp³-hybridized carbons (Fsp3) is 0.400. The molecule has 0 amide bonds. The van der Waals surface area contributed by atoms with Gasteiger partial charge in [-0.15, -0.1) is 0 Å². The number of methoxy groups -OCH3 is 1. The van der Waals surface area contributed by atoms with Crippen LogP contribution < -0.4 is 0 Å². The zero-order chi connectivity index (χ0) is 12.1. The van der Waals surface area contributed by atoms with Crippen molar-refractivity contribution in [3.63, 3.8) is 0 Å². The number of ether oxygens (including phenoxy) is 1. The Morgan fingerprint density at radius 3 is 2.69 bits per heavy atom. The third-order valence-corrected chi connectivity index (χ3v) is 2.45. The molecule has 2 unspecified atom stereocenters. The molecule has 1 rings (SSSR count). The molecule has 0 saturated heterocycles. The first-order valence-corrected chi connectivity index (χ1v) is 5.24. The highest BCUT2D eigenvalue weighted by Crippen LogP contribution is 2.17. The van der Waals surface area contributed by atoms with Crippen molar-refractivity contribution in [1.82, 2.24) is 4.98 Å². The lowest BCUT2D eigenvalue weighted by atomic mass is 10.1. The summed E-state index contributed by atoms with van der Waals surface area (Å²) in [6.45, 7) is 0. The average Bonchev–Trinajstić information content (AvgIpc) is 2.36. The van der Waals surface area contributed by atoms with E-state index in [0.717, 1.165) is 0 Å². The number of aliphatic hydroxyl groups excluding tert-OH is 2. The summed E-state index contributed by atoms with van der Waals surface area (Å²) in [5, 5.41) is 19.0. The molecule has 0 radical (unpaired) electrons. The Morgan fingerprint density at radius 2 is 2.25 bits per heavy atom. The van der Waals surface area contributed by atoms with Crippen molar-refractivity contribution in [3.8, 4) is 0 Å². The topological polar surface area (TPSA) is 79.7 Å². The second kappa shape index (κ2) is 5.83. The SMILES string of the molecule is COC(=O)c1ccc(C(O)C(O)CS)cn1. The number of hydrogen-bond donors (Lipinski definition) is 3. The van der Waals surface area contributed by atoms with E-state index in [1.54, 1.807) is 0 Å². The van der Waals surface area contributed by atoms with E-state index in [9.17, 15) is 15.0 Å². The maximum Gasteiger partial charge on any atom is 0.356 e. The molecule has 16 heavy (non-hydrogen) atoms. The number of aromatic nitrogens is 1. The van der Waals surface area contributed by atoms with E-state index in [1.165, 1.54) is 25.4 Å². The third kappa shape index (κ3) is 2.94. The minimum absolute atomic E-state index is 0.139. The van der Waals surface area contributed by atoms with Crippen molar-refractivity contribution < 1.29 is 19.7 Å². The molecule has 0 fully saturated rings. The summed E-state index contributed by atoms with van der Waals surface area (Å²) >= 11 is 3.87. The molecular formula is C10H13NO4S. The largest absolute Gasteiger partial charge is 0.464 e. The van der Waals surface area contributed by atoms with E-state index in [4.69, 9.17) is 0 Å². The molecular weight excluding hydrogens is 230 g/mol. The van der Waals surface area contributed by atoms with Crippen molar-refractivity contribution in [2.45, 2.75) is 12.2 Å². The van der Waals surface area contributed by atoms with Crippen LogP contribution in [0.1, 0.15) is 22.2 Å². The number of thiol groups is 1. The fourth-order valence-electron chi connectivity index (χ4n) is 1.13. The van der Waals surface area contributed by atoms with Crippen LogP contribution in [0.4, 0.5) is 0 Å². The second-order valence-corrected chi connectivity index (χ2v) is 3.53. The molecule has 88 valence electrons. The van der Waals surface area contributed by atoms with Crippen LogP contribution in [0.2, 0.25) is 0 Å². The van der Waals surface area contributed by atoms with Crippen LogP contribution in [0.25, 0.3) is 0 Å². The van der Waals surface area contributed by atoms with E-state index < -0.39 is 18.2 Å². The van der Waals surface area contributed by atoms with Crippen molar-refractivity contribution in [2.24, 2.45) is 0 Å². The van der Waals surface area contributed by atoms with E-state index in [0.29, 0.717) is 5.56 Å². The summed E-state index contributed by atoms with van der Waals surface area (Å²) in [5.74, 6) is -0.407. The summed E-state index contributed by atoms with van der Waals surface area (Å²) in [6, 6.07) is 2.94. The van der Waals surface area contributed by atoms with Gasteiger partial charge in [0.15, 0.2) is 0 Å². The number of esters is 1. The summed E-state index contributed by atoms with van der Waals surface area (Å²) in [7, 11) is 1.26. The number of aliphatic hydroxyl groups is 2. The Labute approximate surface area is 98.5 Å². The molecule has 1 aromatic rings. The maximum atomic E-state index is 11.1. The average molecular weight is 243 g/mol. The van der Waals surface area contributed by atoms with Crippen molar-refractivity contribution in [3.05, 3.63) is 29.6 Å². The van der Waals surface area contributed by atoms with Gasteiger partial charge < -0.3 is 14.9 Å². The highest BCUT2D eigenvalue weighted by Gasteiger charge is 2.17. The van der Waals surface area contributed by atoms with Crippen LogP contribution in [0.3, 0.4) is 0 Å². The molecule has 1 aromatic heterocycles. The fourth-order valence-corrected chi connectivity index (χ4v) is 1.33. The molecule has 0 spiro atoms. The zero-order valence-corrected chi connectivity index (χ0v) is 9.59. The molecule has 0 aliphatic rings. The van der Waals surface area contributed by atoms with E-state index in [-0.39, 0.29) is 11.4 Å². The number of rotatable bonds is 4. The Hall–Kier alpha value is -1.11. The minimum Gasteiger partial charge on any atom is -0.464 e. The van der Waals surface area contributed by atoms with Gasteiger partial charge in [-0.05, 0) is 6.07 Å². The lowest BCUT2D eigenvalue weighted by Gasteiger charge is -2.15. The summed E-state index contributed by atoms with van der Waals surface area (Å²) in [5.41, 5.74) is 0.577. The van der Waals surface area contributed by atoms with Gasteiger partial charge in [-0.25, -0.2) is 9.78 Å². The van der Waals surface area contributed by atoms with E-state index >= 15 is 0 Å². The van der Waals surface area contributed by atoms with Gasteiger partial charge in [-0.3, -0.25) is 0 Å². The third-order valence-electron chi connectivity index (χ3n) is 2.07. The molecule has 1 heterocycles. The van der Waals surface area contributed by atoms with Crippen molar-refractivity contribution in [1.29, 1.82) is 0 Å². The van der Waals surface area contributed by atoms with E-state index in [2.05, 4.69) is 22.3 Å². The molecule has 0 aliphatic carbocycles. The van der Waals surface area contributed by atoms with Gasteiger partial charge in [-0.1, -0.05) is 6.07 Å². The molecule has 2 N–H and O–H groups in total. The van der Waals surface area contributed by atoms with Gasteiger partial charge >= 0.3 is 5.97 Å². The van der Waals surface area contributed by atoms with Crippen LogP contribution >= 0.6 is 12.6 Å². The lowest BCUT2D eigenvalue weighted by molar-refractivity contribution is 0.0335. The number of carbonyl (C=O) groups is 1. The standard InChI is InChI=1S/C10H13NO4S/c1-15-10(14)7-3-2-6(4-11-7)9(13)8(12)5-16/h2-4,8-9,12-13,16H,5H2,1H3. The van der Waals surface area contributed by atoms with Crippen LogP contribution in [0.5, 0.6) is 0 Å². The predicted octanol–water partition coefficient (Wildman–Crippen LogP) is 0.192. The first-order valence-electron chi connectivity index (χ1n) is 4.61. The van der Waals surface area contributed by atoms with Gasteiger partial charge in [0, 0.05) is 17.5 Å². The van der Waals surface area contributed by atoms with Crippen LogP contribution in [0, 0.1) is 0 Å². The normalized spacial score (nSPS) is 14.2. The van der Waals surface area contributed by atoms with Crippen LogP contribution in [-0.4, -0.2) is 40.1 Å². The lowest BCUT2D eigenvalue weighted by Crippen LogP contribution is -2.20. The Morgan fingerprint density at radius 1 is 1.56 bits per heavy atom. The zero-order valence-electron chi connectivity index (χ0n) is 8.70. The number of pyridine rings is 1.